The van der Waals surface area contributed by atoms with Crippen molar-refractivity contribution in [3.8, 4) is 11.5 Å². The minimum absolute atomic E-state index is 0.226. The highest BCUT2D eigenvalue weighted by molar-refractivity contribution is 7.10. The second-order valence-electron chi connectivity index (χ2n) is 6.67. The van der Waals surface area contributed by atoms with Crippen LogP contribution in [0.4, 0.5) is 0 Å². The van der Waals surface area contributed by atoms with Crippen LogP contribution in [0.1, 0.15) is 36.2 Å². The molecule has 25 heavy (non-hydrogen) atoms. The van der Waals surface area contributed by atoms with E-state index in [1.165, 1.54) is 17.7 Å². The molecule has 3 rings (SSSR count). The Hall–Kier alpha value is -1.85. The number of benzene rings is 1. The molecule has 1 aliphatic heterocycles. The van der Waals surface area contributed by atoms with Crippen molar-refractivity contribution >= 4 is 17.6 Å². The molecule has 0 saturated carbocycles. The number of phenolic OH excluding ortho intramolecular Hbond substituents is 1. The van der Waals surface area contributed by atoms with Crippen LogP contribution in [0, 0.1) is 5.92 Å². The lowest BCUT2D eigenvalue weighted by Crippen LogP contribution is -2.37. The monoisotopic (exact) mass is 358 g/mol. The molecule has 1 atom stereocenters. The maximum Gasteiger partial charge on any atom is 0.124 e. The average molecular weight is 359 g/mol. The number of hydrogen-bond acceptors (Lipinski definition) is 5. The van der Waals surface area contributed by atoms with E-state index in [1.807, 2.05) is 6.07 Å². The van der Waals surface area contributed by atoms with Crippen LogP contribution < -0.4 is 4.74 Å². The Morgan fingerprint density at radius 3 is 2.84 bits per heavy atom. The van der Waals surface area contributed by atoms with E-state index in [4.69, 9.17) is 4.74 Å². The van der Waals surface area contributed by atoms with E-state index in [-0.39, 0.29) is 5.75 Å². The van der Waals surface area contributed by atoms with Gasteiger partial charge in [0.15, 0.2) is 0 Å². The third-order valence-electron chi connectivity index (χ3n) is 4.87. The number of thiophene rings is 1. The van der Waals surface area contributed by atoms with Gasteiger partial charge in [-0.15, -0.1) is 11.3 Å². The number of phenols is 1. The van der Waals surface area contributed by atoms with Crippen LogP contribution in [-0.4, -0.2) is 43.0 Å². The maximum atomic E-state index is 10.0. The van der Waals surface area contributed by atoms with Gasteiger partial charge in [-0.1, -0.05) is 13.0 Å². The zero-order valence-corrected chi connectivity index (χ0v) is 15.7. The van der Waals surface area contributed by atoms with Gasteiger partial charge in [0.05, 0.1) is 19.7 Å². The van der Waals surface area contributed by atoms with Gasteiger partial charge in [-0.05, 0) is 61.5 Å². The topological polar surface area (TPSA) is 45.1 Å². The van der Waals surface area contributed by atoms with Crippen LogP contribution in [0.25, 0.3) is 0 Å². The summed E-state index contributed by atoms with van der Waals surface area (Å²) in [7, 11) is 1.62. The fourth-order valence-corrected chi connectivity index (χ4v) is 4.07. The molecule has 0 spiro atoms. The number of nitrogens with zero attached hydrogens (tertiary/aromatic N) is 2. The molecule has 1 aromatic carbocycles. The number of aromatic hydroxyl groups is 1. The Morgan fingerprint density at radius 2 is 2.16 bits per heavy atom. The largest absolute Gasteiger partial charge is 0.507 e. The standard InChI is InChI=1S/C20H26N2O2S/c1-15-7-9-22(10-8-15)18(20-4-3-11-25-20)14-21-13-16-12-17(24-2)5-6-19(16)23/h3-6,11-13,15,18,23H,7-10,14H2,1-2H3/t18-/m0/s1. The maximum absolute atomic E-state index is 10.0. The molecular weight excluding hydrogens is 332 g/mol. The summed E-state index contributed by atoms with van der Waals surface area (Å²) in [6.07, 6.45) is 4.26. The molecule has 1 aromatic heterocycles. The molecule has 5 heteroatoms. The van der Waals surface area contributed by atoms with E-state index >= 15 is 0 Å². The average Bonchev–Trinajstić information content (AvgIpc) is 3.15. The van der Waals surface area contributed by atoms with Crippen molar-refractivity contribution in [2.45, 2.75) is 25.8 Å². The summed E-state index contributed by atoms with van der Waals surface area (Å²) in [6, 6.07) is 9.82. The second-order valence-corrected chi connectivity index (χ2v) is 7.65. The SMILES string of the molecule is COc1ccc(O)c(C=NC[C@@H](c2cccs2)N2CCC(C)CC2)c1. The van der Waals surface area contributed by atoms with Crippen LogP contribution in [0.3, 0.4) is 0 Å². The zero-order chi connectivity index (χ0) is 17.6. The Bertz CT molecular complexity index is 692. The summed E-state index contributed by atoms with van der Waals surface area (Å²) in [4.78, 5) is 8.57. The van der Waals surface area contributed by atoms with Crippen LogP contribution >= 0.6 is 11.3 Å². The summed E-state index contributed by atoms with van der Waals surface area (Å²) in [5.41, 5.74) is 0.691. The van der Waals surface area contributed by atoms with E-state index in [0.29, 0.717) is 18.2 Å². The number of aliphatic imine (C=N–C) groups is 1. The predicted molar refractivity (Wildman–Crippen MR) is 104 cm³/mol. The number of methoxy groups -OCH3 is 1. The number of likely N-dealkylation sites (tertiary alicyclic amines) is 1. The molecule has 4 nitrogen and oxygen atoms in total. The van der Waals surface area contributed by atoms with E-state index in [0.717, 1.165) is 24.8 Å². The van der Waals surface area contributed by atoms with Gasteiger partial charge >= 0.3 is 0 Å². The molecule has 0 amide bonds. The first kappa shape index (κ1) is 18.0. The highest BCUT2D eigenvalue weighted by Crippen LogP contribution is 2.30. The number of hydrogen-bond donors (Lipinski definition) is 1. The van der Waals surface area contributed by atoms with Crippen molar-refractivity contribution in [2.24, 2.45) is 10.9 Å². The molecule has 134 valence electrons. The fourth-order valence-electron chi connectivity index (χ4n) is 3.22. The molecule has 0 radical (unpaired) electrons. The van der Waals surface area contributed by atoms with Crippen LogP contribution in [0.5, 0.6) is 11.5 Å². The van der Waals surface area contributed by atoms with Crippen molar-refractivity contribution in [2.75, 3.05) is 26.7 Å². The van der Waals surface area contributed by atoms with Crippen molar-refractivity contribution in [1.82, 2.24) is 4.90 Å². The number of rotatable bonds is 6. The van der Waals surface area contributed by atoms with Crippen LogP contribution in [0.15, 0.2) is 40.7 Å². The van der Waals surface area contributed by atoms with Gasteiger partial charge < -0.3 is 9.84 Å². The van der Waals surface area contributed by atoms with Gasteiger partial charge in [-0.3, -0.25) is 9.89 Å². The Balaban J connectivity index is 1.72. The fraction of sp³-hybridized carbons (Fsp3) is 0.450. The van der Waals surface area contributed by atoms with E-state index in [1.54, 1.807) is 36.8 Å². The van der Waals surface area contributed by atoms with Gasteiger partial charge in [-0.25, -0.2) is 0 Å². The minimum atomic E-state index is 0.226. The minimum Gasteiger partial charge on any atom is -0.507 e. The van der Waals surface area contributed by atoms with Crippen molar-refractivity contribution in [1.29, 1.82) is 0 Å². The molecule has 1 fully saturated rings. The number of ether oxygens (including phenoxy) is 1. The highest BCUT2D eigenvalue weighted by Gasteiger charge is 2.24. The van der Waals surface area contributed by atoms with E-state index in [9.17, 15) is 5.11 Å². The lowest BCUT2D eigenvalue weighted by Gasteiger charge is -2.35. The van der Waals surface area contributed by atoms with Gasteiger partial charge in [-0.2, -0.15) is 0 Å². The first-order valence-corrected chi connectivity index (χ1v) is 9.69. The van der Waals surface area contributed by atoms with Gasteiger partial charge in [0, 0.05) is 16.7 Å². The summed E-state index contributed by atoms with van der Waals surface area (Å²) in [6.45, 7) is 5.29. The second kappa shape index (κ2) is 8.50. The highest BCUT2D eigenvalue weighted by atomic mass is 32.1. The number of piperidine rings is 1. The van der Waals surface area contributed by atoms with Crippen molar-refractivity contribution < 1.29 is 9.84 Å². The summed E-state index contributed by atoms with van der Waals surface area (Å²) in [5.74, 6) is 1.76. The molecule has 2 heterocycles. The quantitative estimate of drug-likeness (QED) is 0.781. The predicted octanol–water partition coefficient (Wildman–Crippen LogP) is 4.35. The Kier molecular flexibility index (Phi) is 6.10. The molecule has 0 aliphatic carbocycles. The van der Waals surface area contributed by atoms with Crippen LogP contribution in [-0.2, 0) is 0 Å². The zero-order valence-electron chi connectivity index (χ0n) is 14.9. The van der Waals surface area contributed by atoms with Gasteiger partial charge in [0.1, 0.15) is 11.5 Å². The third kappa shape index (κ3) is 4.61. The lowest BCUT2D eigenvalue weighted by molar-refractivity contribution is 0.143. The van der Waals surface area contributed by atoms with Crippen molar-refractivity contribution in [3.05, 3.63) is 46.2 Å². The molecule has 1 aliphatic rings. The Labute approximate surface area is 153 Å². The summed E-state index contributed by atoms with van der Waals surface area (Å²) < 4.78 is 5.22. The summed E-state index contributed by atoms with van der Waals surface area (Å²) >= 11 is 1.80. The Morgan fingerprint density at radius 1 is 1.36 bits per heavy atom. The molecule has 0 bridgehead atoms. The van der Waals surface area contributed by atoms with Crippen molar-refractivity contribution in [3.63, 3.8) is 0 Å². The lowest BCUT2D eigenvalue weighted by atomic mass is 9.97. The molecule has 2 aromatic rings. The van der Waals surface area contributed by atoms with Crippen LogP contribution in [0.2, 0.25) is 0 Å². The third-order valence-corrected chi connectivity index (χ3v) is 5.85. The first-order valence-electron chi connectivity index (χ1n) is 8.81. The van der Waals surface area contributed by atoms with Gasteiger partial charge in [0.2, 0.25) is 0 Å². The normalized spacial score (nSPS) is 17.8. The molecular formula is C20H26N2O2S. The van der Waals surface area contributed by atoms with E-state index in [2.05, 4.69) is 34.3 Å². The first-order chi connectivity index (χ1) is 12.2. The molecule has 1 N–H and O–H groups in total. The molecule has 0 unspecified atom stereocenters. The van der Waals surface area contributed by atoms with E-state index < -0.39 is 0 Å². The van der Waals surface area contributed by atoms with Gasteiger partial charge in [0.25, 0.3) is 0 Å². The summed E-state index contributed by atoms with van der Waals surface area (Å²) in [5, 5.41) is 12.1. The smallest absolute Gasteiger partial charge is 0.124 e. The molecule has 1 saturated heterocycles.